The minimum absolute atomic E-state index is 0.338. The Kier molecular flexibility index (Phi) is 5.38. The van der Waals surface area contributed by atoms with Crippen molar-refractivity contribution < 1.29 is 4.79 Å². The van der Waals surface area contributed by atoms with Crippen LogP contribution in [0, 0.1) is 0 Å². The van der Waals surface area contributed by atoms with Gasteiger partial charge in [0.1, 0.15) is 5.82 Å². The fourth-order valence-corrected chi connectivity index (χ4v) is 2.54. The van der Waals surface area contributed by atoms with E-state index >= 15 is 0 Å². The summed E-state index contributed by atoms with van der Waals surface area (Å²) in [4.78, 5) is 16.2. The largest absolute Gasteiger partial charge is 0.339 e. The van der Waals surface area contributed by atoms with E-state index in [0.717, 1.165) is 0 Å². The highest BCUT2D eigenvalue weighted by molar-refractivity contribution is 6.36. The number of nitrogens with zero attached hydrogens (tertiary/aromatic N) is 1. The van der Waals surface area contributed by atoms with Gasteiger partial charge in [-0.25, -0.2) is 9.78 Å². The third kappa shape index (κ3) is 4.86. The van der Waals surface area contributed by atoms with Crippen molar-refractivity contribution >= 4 is 52.1 Å². The molecule has 3 rings (SSSR count). The zero-order valence-corrected chi connectivity index (χ0v) is 14.5. The van der Waals surface area contributed by atoms with E-state index in [-0.39, 0.29) is 6.03 Å². The number of hydrogen-bond acceptors (Lipinski definition) is 3. The lowest BCUT2D eigenvalue weighted by Crippen LogP contribution is -2.19. The first-order valence-corrected chi connectivity index (χ1v) is 8.17. The molecule has 0 unspecified atom stereocenters. The fraction of sp³-hybridized carbons (Fsp3) is 0. The Morgan fingerprint density at radius 1 is 0.880 bits per heavy atom. The quantitative estimate of drug-likeness (QED) is 0.543. The molecule has 0 saturated heterocycles. The molecule has 0 aliphatic heterocycles. The number of para-hydroxylation sites is 1. The Hall–Kier alpha value is -2.76. The predicted molar refractivity (Wildman–Crippen MR) is 103 cm³/mol. The number of carbonyl (C=O) groups is 1. The molecule has 126 valence electrons. The van der Waals surface area contributed by atoms with Crippen LogP contribution in [0.25, 0.3) is 0 Å². The summed E-state index contributed by atoms with van der Waals surface area (Å²) in [5, 5.41) is 9.60. The highest BCUT2D eigenvalue weighted by Crippen LogP contribution is 2.27. The molecule has 0 spiro atoms. The maximum Gasteiger partial charge on any atom is 0.323 e. The summed E-state index contributed by atoms with van der Waals surface area (Å²) in [5.41, 5.74) is 1.98. The minimum atomic E-state index is -0.338. The number of aromatic nitrogens is 1. The molecule has 0 saturated carbocycles. The SMILES string of the molecule is O=C(Nc1ccccc1)Nc1ccc(Nc2ccc(Cl)cc2Cl)nc1. The van der Waals surface area contributed by atoms with Gasteiger partial charge in [-0.05, 0) is 42.5 Å². The van der Waals surface area contributed by atoms with E-state index in [1.54, 1.807) is 48.7 Å². The monoisotopic (exact) mass is 372 g/mol. The van der Waals surface area contributed by atoms with E-state index in [4.69, 9.17) is 23.2 Å². The van der Waals surface area contributed by atoms with Crippen LogP contribution in [0.3, 0.4) is 0 Å². The summed E-state index contributed by atoms with van der Waals surface area (Å²) < 4.78 is 0. The van der Waals surface area contributed by atoms with E-state index in [9.17, 15) is 4.79 Å². The Morgan fingerprint density at radius 3 is 2.32 bits per heavy atom. The molecular formula is C18H14Cl2N4O. The van der Waals surface area contributed by atoms with Crippen molar-refractivity contribution in [1.29, 1.82) is 0 Å². The van der Waals surface area contributed by atoms with Crippen molar-refractivity contribution in [2.45, 2.75) is 0 Å². The van der Waals surface area contributed by atoms with Crippen molar-refractivity contribution in [3.05, 3.63) is 76.9 Å². The number of carbonyl (C=O) groups excluding carboxylic acids is 1. The van der Waals surface area contributed by atoms with E-state index in [1.807, 2.05) is 18.2 Å². The van der Waals surface area contributed by atoms with Crippen LogP contribution in [0.2, 0.25) is 10.0 Å². The smallest absolute Gasteiger partial charge is 0.323 e. The lowest BCUT2D eigenvalue weighted by atomic mass is 10.3. The topological polar surface area (TPSA) is 66.1 Å². The molecule has 2 aromatic carbocycles. The fourth-order valence-electron chi connectivity index (χ4n) is 2.09. The summed E-state index contributed by atoms with van der Waals surface area (Å²) >= 11 is 12.0. The maximum absolute atomic E-state index is 11.9. The molecule has 0 bridgehead atoms. The molecule has 0 aliphatic carbocycles. The number of hydrogen-bond donors (Lipinski definition) is 3. The maximum atomic E-state index is 11.9. The van der Waals surface area contributed by atoms with E-state index in [2.05, 4.69) is 20.9 Å². The number of nitrogens with one attached hydrogen (secondary N) is 3. The van der Waals surface area contributed by atoms with Gasteiger partial charge in [-0.1, -0.05) is 41.4 Å². The van der Waals surface area contributed by atoms with Gasteiger partial charge in [-0.15, -0.1) is 0 Å². The molecule has 1 heterocycles. The number of anilines is 4. The average molecular weight is 373 g/mol. The second-order valence-corrected chi connectivity index (χ2v) is 5.97. The van der Waals surface area contributed by atoms with Gasteiger partial charge in [-0.2, -0.15) is 0 Å². The Balaban J connectivity index is 1.61. The van der Waals surface area contributed by atoms with Crippen LogP contribution in [0.15, 0.2) is 66.9 Å². The van der Waals surface area contributed by atoms with E-state index in [1.165, 1.54) is 0 Å². The van der Waals surface area contributed by atoms with Crippen LogP contribution < -0.4 is 16.0 Å². The van der Waals surface area contributed by atoms with Crippen LogP contribution >= 0.6 is 23.2 Å². The van der Waals surface area contributed by atoms with Crippen LogP contribution in [0.5, 0.6) is 0 Å². The zero-order chi connectivity index (χ0) is 17.6. The third-order valence-corrected chi connectivity index (χ3v) is 3.79. The zero-order valence-electron chi connectivity index (χ0n) is 13.0. The van der Waals surface area contributed by atoms with Gasteiger partial charge >= 0.3 is 6.03 Å². The summed E-state index contributed by atoms with van der Waals surface area (Å²) in [6.07, 6.45) is 1.55. The minimum Gasteiger partial charge on any atom is -0.339 e. The molecular weight excluding hydrogens is 359 g/mol. The number of rotatable bonds is 4. The molecule has 2 amide bonds. The first-order valence-electron chi connectivity index (χ1n) is 7.41. The molecule has 1 aromatic heterocycles. The van der Waals surface area contributed by atoms with Crippen LogP contribution in [0.1, 0.15) is 0 Å². The summed E-state index contributed by atoms with van der Waals surface area (Å²) in [5.74, 6) is 0.596. The van der Waals surface area contributed by atoms with Gasteiger partial charge in [0.05, 0.1) is 22.6 Å². The number of pyridine rings is 1. The van der Waals surface area contributed by atoms with Gasteiger partial charge < -0.3 is 16.0 Å². The number of amides is 2. The van der Waals surface area contributed by atoms with Crippen molar-refractivity contribution in [3.63, 3.8) is 0 Å². The second-order valence-electron chi connectivity index (χ2n) is 5.13. The van der Waals surface area contributed by atoms with Crippen molar-refractivity contribution in [2.24, 2.45) is 0 Å². The molecule has 3 aromatic rings. The molecule has 0 atom stereocenters. The molecule has 0 fully saturated rings. The van der Waals surface area contributed by atoms with Crippen LogP contribution in [0.4, 0.5) is 27.7 Å². The lowest BCUT2D eigenvalue weighted by Gasteiger charge is -2.10. The molecule has 0 aliphatic rings. The molecule has 5 nitrogen and oxygen atoms in total. The highest BCUT2D eigenvalue weighted by atomic mass is 35.5. The van der Waals surface area contributed by atoms with Crippen LogP contribution in [-0.2, 0) is 0 Å². The van der Waals surface area contributed by atoms with Gasteiger partial charge in [0, 0.05) is 10.7 Å². The Morgan fingerprint density at radius 2 is 1.64 bits per heavy atom. The molecule has 25 heavy (non-hydrogen) atoms. The first-order chi connectivity index (χ1) is 12.1. The summed E-state index contributed by atoms with van der Waals surface area (Å²) in [6, 6.07) is 17.5. The standard InChI is InChI=1S/C18H14Cl2N4O/c19-12-6-8-16(15(20)10-12)24-17-9-7-14(11-21-17)23-18(25)22-13-4-2-1-3-5-13/h1-11H,(H,21,24)(H2,22,23,25). The van der Waals surface area contributed by atoms with E-state index in [0.29, 0.717) is 32.9 Å². The average Bonchev–Trinajstić information content (AvgIpc) is 2.60. The molecule has 7 heteroatoms. The summed E-state index contributed by atoms with van der Waals surface area (Å²) in [6.45, 7) is 0. The second kappa shape index (κ2) is 7.88. The lowest BCUT2D eigenvalue weighted by molar-refractivity contribution is 0.262. The molecule has 3 N–H and O–H groups in total. The predicted octanol–water partition coefficient (Wildman–Crippen LogP) is 5.78. The van der Waals surface area contributed by atoms with Crippen molar-refractivity contribution in [1.82, 2.24) is 4.98 Å². The number of urea groups is 1. The van der Waals surface area contributed by atoms with Crippen LogP contribution in [-0.4, -0.2) is 11.0 Å². The number of halogens is 2. The van der Waals surface area contributed by atoms with Gasteiger partial charge in [0.25, 0.3) is 0 Å². The van der Waals surface area contributed by atoms with Gasteiger partial charge in [0.15, 0.2) is 0 Å². The van der Waals surface area contributed by atoms with Crippen molar-refractivity contribution in [2.75, 3.05) is 16.0 Å². The van der Waals surface area contributed by atoms with Gasteiger partial charge in [0.2, 0.25) is 0 Å². The van der Waals surface area contributed by atoms with Gasteiger partial charge in [-0.3, -0.25) is 0 Å². The van der Waals surface area contributed by atoms with Crippen molar-refractivity contribution in [3.8, 4) is 0 Å². The first kappa shape index (κ1) is 17.1. The Labute approximate surface area is 155 Å². The third-order valence-electron chi connectivity index (χ3n) is 3.25. The summed E-state index contributed by atoms with van der Waals surface area (Å²) in [7, 11) is 0. The molecule has 0 radical (unpaired) electrons. The van der Waals surface area contributed by atoms with E-state index < -0.39 is 0 Å². The Bertz CT molecular complexity index is 870. The highest BCUT2D eigenvalue weighted by Gasteiger charge is 2.05. The number of benzene rings is 2. The normalized spacial score (nSPS) is 10.2.